The van der Waals surface area contributed by atoms with E-state index in [0.29, 0.717) is 35.5 Å². The number of carbonyl (C=O) groups is 1. The van der Waals surface area contributed by atoms with Crippen molar-refractivity contribution >= 4 is 29.5 Å². The zero-order valence-corrected chi connectivity index (χ0v) is 20.7. The number of likely N-dealkylation sites (tertiary alicyclic amines) is 1. The standard InChI is InChI=1S/C25H37N7O3/c1-3-32-13-7-10-19(32)16-27-24-29-23(26-15-17-8-5-4-6-9-17)30-25(31-24)28-18-11-12-21(35-2)20(14-18)22(33)34/h11-12,14,17,19H,3-10,13,15-16H2,1-2H3,(H,33,34)(H3,26,27,28,29,30,31)/p-1. The van der Waals surface area contributed by atoms with Crippen molar-refractivity contribution in [2.24, 2.45) is 5.92 Å². The highest BCUT2D eigenvalue weighted by molar-refractivity contribution is 5.90. The van der Waals surface area contributed by atoms with Crippen LogP contribution in [0.15, 0.2) is 18.2 Å². The van der Waals surface area contributed by atoms with Crippen LogP contribution in [0.2, 0.25) is 0 Å². The van der Waals surface area contributed by atoms with Gasteiger partial charge in [0.1, 0.15) is 5.75 Å². The predicted octanol–water partition coefficient (Wildman–Crippen LogP) is 2.88. The molecule has 1 atom stereocenters. The van der Waals surface area contributed by atoms with Crippen LogP contribution in [0, 0.1) is 5.92 Å². The SMILES string of the molecule is CCN1CCCC1CNc1nc(NCC2CCCCC2)nc(Nc2ccc(OC)c(C(=O)[O-])c2)n1. The summed E-state index contributed by atoms with van der Waals surface area (Å²) in [6.45, 7) is 5.93. The van der Waals surface area contributed by atoms with Gasteiger partial charge in [-0.1, -0.05) is 26.2 Å². The van der Waals surface area contributed by atoms with E-state index < -0.39 is 5.97 Å². The molecule has 2 fully saturated rings. The first-order chi connectivity index (χ1) is 17.1. The molecule has 10 heteroatoms. The number of aromatic nitrogens is 3. The van der Waals surface area contributed by atoms with Crippen molar-refractivity contribution in [2.75, 3.05) is 49.2 Å². The summed E-state index contributed by atoms with van der Waals surface area (Å²) in [5, 5.41) is 21.4. The number of hydrogen-bond acceptors (Lipinski definition) is 10. The van der Waals surface area contributed by atoms with Crippen molar-refractivity contribution in [1.82, 2.24) is 19.9 Å². The van der Waals surface area contributed by atoms with E-state index in [1.54, 1.807) is 12.1 Å². The van der Waals surface area contributed by atoms with Gasteiger partial charge in [0.05, 0.1) is 13.1 Å². The molecule has 2 aliphatic rings. The Morgan fingerprint density at radius 3 is 2.43 bits per heavy atom. The second-order valence-electron chi connectivity index (χ2n) is 9.32. The molecule has 0 bridgehead atoms. The minimum Gasteiger partial charge on any atom is -0.545 e. The number of benzene rings is 1. The fraction of sp³-hybridized carbons (Fsp3) is 0.600. The molecule has 0 spiro atoms. The Kier molecular flexibility index (Phi) is 8.57. The third-order valence-electron chi connectivity index (χ3n) is 6.99. The summed E-state index contributed by atoms with van der Waals surface area (Å²) in [6, 6.07) is 5.21. The van der Waals surface area contributed by atoms with Gasteiger partial charge in [-0.15, -0.1) is 0 Å². The molecular formula is C25H36N7O3-. The topological polar surface area (TPSA) is 127 Å². The highest BCUT2D eigenvalue weighted by Crippen LogP contribution is 2.26. The van der Waals surface area contributed by atoms with E-state index in [-0.39, 0.29) is 11.3 Å². The fourth-order valence-electron chi connectivity index (χ4n) is 5.04. The Balaban J connectivity index is 1.51. The maximum absolute atomic E-state index is 11.5. The molecule has 1 unspecified atom stereocenters. The van der Waals surface area contributed by atoms with Crippen molar-refractivity contribution in [2.45, 2.75) is 57.9 Å². The van der Waals surface area contributed by atoms with Crippen LogP contribution in [0.5, 0.6) is 5.75 Å². The van der Waals surface area contributed by atoms with Crippen LogP contribution in [0.4, 0.5) is 23.5 Å². The first-order valence-electron chi connectivity index (χ1n) is 12.7. The van der Waals surface area contributed by atoms with Gasteiger partial charge in [0.2, 0.25) is 17.8 Å². The third-order valence-corrected chi connectivity index (χ3v) is 6.99. The summed E-state index contributed by atoms with van der Waals surface area (Å²) in [5.74, 6) is 0.878. The first-order valence-corrected chi connectivity index (χ1v) is 12.7. The maximum atomic E-state index is 11.5. The Labute approximate surface area is 206 Å². The number of rotatable bonds is 11. The lowest BCUT2D eigenvalue weighted by molar-refractivity contribution is -0.255. The molecule has 1 saturated heterocycles. The van der Waals surface area contributed by atoms with Gasteiger partial charge in [0.25, 0.3) is 0 Å². The van der Waals surface area contributed by atoms with Gasteiger partial charge in [-0.25, -0.2) is 0 Å². The minimum atomic E-state index is -1.31. The molecule has 0 radical (unpaired) electrons. The van der Waals surface area contributed by atoms with Gasteiger partial charge in [-0.05, 0) is 62.9 Å². The van der Waals surface area contributed by atoms with E-state index in [1.807, 2.05) is 0 Å². The summed E-state index contributed by atoms with van der Waals surface area (Å²) >= 11 is 0. The molecule has 35 heavy (non-hydrogen) atoms. The molecule has 1 aliphatic carbocycles. The zero-order chi connectivity index (χ0) is 24.6. The van der Waals surface area contributed by atoms with Crippen molar-refractivity contribution < 1.29 is 14.6 Å². The normalized spacial score (nSPS) is 18.9. The number of hydrogen-bond donors (Lipinski definition) is 3. The van der Waals surface area contributed by atoms with Crippen LogP contribution in [0.1, 0.15) is 62.2 Å². The number of nitrogens with zero attached hydrogens (tertiary/aromatic N) is 4. The quantitative estimate of drug-likeness (QED) is 0.440. The third kappa shape index (κ3) is 6.72. The van der Waals surface area contributed by atoms with Crippen LogP contribution < -0.4 is 25.8 Å². The largest absolute Gasteiger partial charge is 0.545 e. The second kappa shape index (κ2) is 12.0. The molecule has 1 aromatic heterocycles. The molecule has 4 rings (SSSR count). The molecule has 0 amide bonds. The molecule has 1 aliphatic heterocycles. The molecular weight excluding hydrogens is 446 g/mol. The van der Waals surface area contributed by atoms with Crippen molar-refractivity contribution in [1.29, 1.82) is 0 Å². The molecule has 2 aromatic rings. The zero-order valence-electron chi connectivity index (χ0n) is 20.7. The van der Waals surface area contributed by atoms with E-state index in [1.165, 1.54) is 51.7 Å². The first kappa shape index (κ1) is 25.0. The van der Waals surface area contributed by atoms with E-state index in [9.17, 15) is 9.90 Å². The van der Waals surface area contributed by atoms with Crippen molar-refractivity contribution in [3.05, 3.63) is 23.8 Å². The van der Waals surface area contributed by atoms with Crippen LogP contribution in [0.3, 0.4) is 0 Å². The van der Waals surface area contributed by atoms with Gasteiger partial charge in [-0.2, -0.15) is 15.0 Å². The van der Waals surface area contributed by atoms with Gasteiger partial charge in [-0.3, -0.25) is 4.90 Å². The van der Waals surface area contributed by atoms with Crippen LogP contribution in [-0.2, 0) is 0 Å². The highest BCUT2D eigenvalue weighted by atomic mass is 16.5. The molecule has 190 valence electrons. The Morgan fingerprint density at radius 2 is 1.74 bits per heavy atom. The van der Waals surface area contributed by atoms with Crippen LogP contribution in [-0.4, -0.2) is 65.2 Å². The maximum Gasteiger partial charge on any atom is 0.233 e. The molecule has 3 N–H and O–H groups in total. The summed E-state index contributed by atoms with van der Waals surface area (Å²) in [5.41, 5.74) is 0.481. The number of nitrogens with one attached hydrogen (secondary N) is 3. The van der Waals surface area contributed by atoms with E-state index in [2.05, 4.69) is 42.7 Å². The lowest BCUT2D eigenvalue weighted by Gasteiger charge is -2.23. The molecule has 1 saturated carbocycles. The summed E-state index contributed by atoms with van der Waals surface area (Å²) in [4.78, 5) is 27.7. The minimum absolute atomic E-state index is 0.0403. The van der Waals surface area contributed by atoms with Crippen LogP contribution >= 0.6 is 0 Å². The Morgan fingerprint density at radius 1 is 1.03 bits per heavy atom. The summed E-state index contributed by atoms with van der Waals surface area (Å²) in [6.07, 6.45) is 8.67. The van der Waals surface area contributed by atoms with E-state index in [0.717, 1.165) is 32.6 Å². The fourth-order valence-corrected chi connectivity index (χ4v) is 5.04. The number of likely N-dealkylation sites (N-methyl/N-ethyl adjacent to an activating group) is 1. The smallest absolute Gasteiger partial charge is 0.233 e. The number of carbonyl (C=O) groups excluding carboxylic acids is 1. The summed E-state index contributed by atoms with van der Waals surface area (Å²) in [7, 11) is 1.42. The number of anilines is 4. The lowest BCUT2D eigenvalue weighted by Crippen LogP contribution is -2.35. The second-order valence-corrected chi connectivity index (χ2v) is 9.32. The number of carboxylic acid groups (broad SMARTS) is 1. The number of carboxylic acids is 1. The highest BCUT2D eigenvalue weighted by Gasteiger charge is 2.23. The van der Waals surface area contributed by atoms with Gasteiger partial charge >= 0.3 is 0 Å². The molecule has 10 nitrogen and oxygen atoms in total. The Bertz CT molecular complexity index is 997. The average molecular weight is 483 g/mol. The number of aromatic carboxylic acids is 1. The van der Waals surface area contributed by atoms with Gasteiger partial charge in [0, 0.05) is 30.4 Å². The van der Waals surface area contributed by atoms with Crippen LogP contribution in [0.25, 0.3) is 0 Å². The predicted molar refractivity (Wildman–Crippen MR) is 134 cm³/mol. The number of methoxy groups -OCH3 is 1. The number of ether oxygens (including phenoxy) is 1. The van der Waals surface area contributed by atoms with Crippen molar-refractivity contribution in [3.8, 4) is 5.75 Å². The van der Waals surface area contributed by atoms with E-state index in [4.69, 9.17) is 4.74 Å². The Hall–Kier alpha value is -3.14. The van der Waals surface area contributed by atoms with Gasteiger partial charge < -0.3 is 30.6 Å². The molecule has 1 aromatic carbocycles. The van der Waals surface area contributed by atoms with Crippen molar-refractivity contribution in [3.63, 3.8) is 0 Å². The van der Waals surface area contributed by atoms with Gasteiger partial charge in [0.15, 0.2) is 0 Å². The van der Waals surface area contributed by atoms with E-state index >= 15 is 0 Å². The molecule has 2 heterocycles. The average Bonchev–Trinajstić information content (AvgIpc) is 3.34. The monoisotopic (exact) mass is 482 g/mol. The summed E-state index contributed by atoms with van der Waals surface area (Å²) < 4.78 is 5.12. The lowest BCUT2D eigenvalue weighted by atomic mass is 9.89.